The van der Waals surface area contributed by atoms with Gasteiger partial charge in [-0.1, -0.05) is 19.3 Å². The molecule has 0 radical (unpaired) electrons. The highest BCUT2D eigenvalue weighted by molar-refractivity contribution is 4.99. The maximum atomic E-state index is 5.97. The summed E-state index contributed by atoms with van der Waals surface area (Å²) in [5.74, 6) is 0. The molecule has 2 aliphatic heterocycles. The summed E-state index contributed by atoms with van der Waals surface area (Å²) in [7, 11) is 2.21. The largest absolute Gasteiger partial charge is 0.374 e. The van der Waals surface area contributed by atoms with Gasteiger partial charge in [0.05, 0.1) is 12.7 Å². The zero-order chi connectivity index (χ0) is 14.0. The Morgan fingerprint density at radius 3 is 2.80 bits per heavy atom. The molecule has 1 spiro atoms. The van der Waals surface area contributed by atoms with Gasteiger partial charge in [0.2, 0.25) is 0 Å². The van der Waals surface area contributed by atoms with E-state index in [2.05, 4.69) is 29.1 Å². The highest BCUT2D eigenvalue weighted by Gasteiger charge is 2.39. The van der Waals surface area contributed by atoms with Crippen LogP contribution >= 0.6 is 0 Å². The second kappa shape index (κ2) is 6.30. The third-order valence-corrected chi connectivity index (χ3v) is 5.49. The van der Waals surface area contributed by atoms with E-state index < -0.39 is 0 Å². The van der Waals surface area contributed by atoms with Gasteiger partial charge in [0.15, 0.2) is 0 Å². The average molecular weight is 281 g/mol. The lowest BCUT2D eigenvalue weighted by Gasteiger charge is -2.50. The van der Waals surface area contributed by atoms with Crippen LogP contribution in [0.15, 0.2) is 0 Å². The van der Waals surface area contributed by atoms with Gasteiger partial charge in [0, 0.05) is 44.3 Å². The van der Waals surface area contributed by atoms with Crippen LogP contribution in [0.2, 0.25) is 0 Å². The molecule has 2 saturated heterocycles. The van der Waals surface area contributed by atoms with E-state index in [1.165, 1.54) is 38.6 Å². The van der Waals surface area contributed by atoms with E-state index in [-0.39, 0.29) is 0 Å². The van der Waals surface area contributed by atoms with Crippen LogP contribution < -0.4 is 5.32 Å². The minimum absolute atomic E-state index is 0.398. The molecule has 1 N–H and O–H groups in total. The SMILES string of the molecule is CC1CNC2(CCCCC2)CN1CC1CN(C)CCO1. The van der Waals surface area contributed by atoms with Gasteiger partial charge in [0.1, 0.15) is 0 Å². The number of ether oxygens (including phenoxy) is 1. The zero-order valence-corrected chi connectivity index (χ0v) is 13.2. The Kier molecular flexibility index (Phi) is 4.65. The molecule has 3 aliphatic rings. The second-order valence-electron chi connectivity index (χ2n) is 7.26. The van der Waals surface area contributed by atoms with Crippen LogP contribution in [0, 0.1) is 0 Å². The summed E-state index contributed by atoms with van der Waals surface area (Å²) < 4.78 is 5.97. The molecule has 0 aromatic carbocycles. The molecule has 4 heteroatoms. The predicted molar refractivity (Wildman–Crippen MR) is 82.1 cm³/mol. The first-order valence-electron chi connectivity index (χ1n) is 8.46. The second-order valence-corrected chi connectivity index (χ2v) is 7.26. The Balaban J connectivity index is 1.58. The Morgan fingerprint density at radius 2 is 2.05 bits per heavy atom. The van der Waals surface area contributed by atoms with Gasteiger partial charge >= 0.3 is 0 Å². The number of morpholine rings is 1. The smallest absolute Gasteiger partial charge is 0.0829 e. The number of nitrogens with zero attached hydrogens (tertiary/aromatic N) is 2. The van der Waals surface area contributed by atoms with Gasteiger partial charge < -0.3 is 15.0 Å². The van der Waals surface area contributed by atoms with Crippen LogP contribution in [-0.4, -0.2) is 73.9 Å². The van der Waals surface area contributed by atoms with Gasteiger partial charge in [-0.25, -0.2) is 0 Å². The third kappa shape index (κ3) is 3.35. The van der Waals surface area contributed by atoms with Crippen molar-refractivity contribution < 1.29 is 4.74 Å². The number of likely N-dealkylation sites (N-methyl/N-ethyl adjacent to an activating group) is 1. The molecule has 2 unspecified atom stereocenters. The van der Waals surface area contributed by atoms with Gasteiger partial charge in [-0.15, -0.1) is 0 Å². The molecule has 3 rings (SSSR count). The minimum atomic E-state index is 0.398. The lowest BCUT2D eigenvalue weighted by Crippen LogP contribution is -2.65. The van der Waals surface area contributed by atoms with Crippen LogP contribution in [0.25, 0.3) is 0 Å². The summed E-state index contributed by atoms with van der Waals surface area (Å²) >= 11 is 0. The molecule has 2 atom stereocenters. The molecule has 0 amide bonds. The predicted octanol–water partition coefficient (Wildman–Crippen LogP) is 1.31. The van der Waals surface area contributed by atoms with E-state index in [0.29, 0.717) is 17.7 Å². The molecule has 0 bridgehead atoms. The summed E-state index contributed by atoms with van der Waals surface area (Å²) in [6.07, 6.45) is 7.35. The van der Waals surface area contributed by atoms with Gasteiger partial charge in [-0.3, -0.25) is 4.90 Å². The molecule has 4 nitrogen and oxygen atoms in total. The fraction of sp³-hybridized carbons (Fsp3) is 1.00. The molecule has 3 fully saturated rings. The first-order valence-corrected chi connectivity index (χ1v) is 8.46. The van der Waals surface area contributed by atoms with Crippen molar-refractivity contribution in [1.29, 1.82) is 0 Å². The maximum Gasteiger partial charge on any atom is 0.0829 e. The Hall–Kier alpha value is -0.160. The topological polar surface area (TPSA) is 27.7 Å². The highest BCUT2D eigenvalue weighted by atomic mass is 16.5. The van der Waals surface area contributed by atoms with Crippen LogP contribution in [0.1, 0.15) is 39.0 Å². The van der Waals surface area contributed by atoms with E-state index in [0.717, 1.165) is 32.8 Å². The fourth-order valence-electron chi connectivity index (χ4n) is 4.14. The lowest BCUT2D eigenvalue weighted by molar-refractivity contribution is -0.0528. The fourth-order valence-corrected chi connectivity index (χ4v) is 4.14. The number of piperazine rings is 1. The van der Waals surface area contributed by atoms with E-state index in [4.69, 9.17) is 4.74 Å². The Labute approximate surface area is 123 Å². The lowest BCUT2D eigenvalue weighted by atomic mass is 9.79. The van der Waals surface area contributed by atoms with Crippen molar-refractivity contribution in [3.05, 3.63) is 0 Å². The summed E-state index contributed by atoms with van der Waals surface area (Å²) in [6.45, 7) is 8.89. The first kappa shape index (κ1) is 14.8. The Bertz CT molecular complexity index is 317. The third-order valence-electron chi connectivity index (χ3n) is 5.49. The van der Waals surface area contributed by atoms with Crippen LogP contribution in [0.4, 0.5) is 0 Å². The standard InChI is InChI=1S/C16H31N3O/c1-14-10-17-16(6-4-3-5-7-16)13-19(14)12-15-11-18(2)8-9-20-15/h14-15,17H,3-13H2,1-2H3. The van der Waals surface area contributed by atoms with Gasteiger partial charge in [0.25, 0.3) is 0 Å². The summed E-state index contributed by atoms with van der Waals surface area (Å²) in [5.41, 5.74) is 0.408. The molecule has 0 aromatic heterocycles. The van der Waals surface area contributed by atoms with E-state index in [1.807, 2.05) is 0 Å². The molecular formula is C16H31N3O. The number of hydrogen-bond donors (Lipinski definition) is 1. The molecular weight excluding hydrogens is 250 g/mol. The summed E-state index contributed by atoms with van der Waals surface area (Å²) in [5, 5.41) is 3.87. The molecule has 2 heterocycles. The van der Waals surface area contributed by atoms with E-state index >= 15 is 0 Å². The van der Waals surface area contributed by atoms with Gasteiger partial charge in [-0.2, -0.15) is 0 Å². The summed E-state index contributed by atoms with van der Waals surface area (Å²) in [6, 6.07) is 0.637. The number of rotatable bonds is 2. The van der Waals surface area contributed by atoms with E-state index in [9.17, 15) is 0 Å². The normalized spacial score (nSPS) is 36.3. The van der Waals surface area contributed by atoms with Crippen molar-refractivity contribution in [2.75, 3.05) is 46.4 Å². The van der Waals surface area contributed by atoms with Crippen molar-refractivity contribution in [3.8, 4) is 0 Å². The molecule has 116 valence electrons. The van der Waals surface area contributed by atoms with Crippen LogP contribution in [-0.2, 0) is 4.74 Å². The quantitative estimate of drug-likeness (QED) is 0.826. The maximum absolute atomic E-state index is 5.97. The molecule has 1 saturated carbocycles. The average Bonchev–Trinajstić information content (AvgIpc) is 2.44. The first-order chi connectivity index (χ1) is 9.67. The monoisotopic (exact) mass is 281 g/mol. The van der Waals surface area contributed by atoms with Crippen molar-refractivity contribution in [3.63, 3.8) is 0 Å². The molecule has 0 aromatic rings. The number of hydrogen-bond acceptors (Lipinski definition) is 4. The van der Waals surface area contributed by atoms with Crippen molar-refractivity contribution in [2.45, 2.75) is 56.7 Å². The van der Waals surface area contributed by atoms with Crippen LogP contribution in [0.5, 0.6) is 0 Å². The molecule has 1 aliphatic carbocycles. The minimum Gasteiger partial charge on any atom is -0.374 e. The summed E-state index contributed by atoms with van der Waals surface area (Å²) in [4.78, 5) is 5.09. The Morgan fingerprint density at radius 1 is 1.25 bits per heavy atom. The van der Waals surface area contributed by atoms with Crippen molar-refractivity contribution in [1.82, 2.24) is 15.1 Å². The highest BCUT2D eigenvalue weighted by Crippen LogP contribution is 2.32. The zero-order valence-electron chi connectivity index (χ0n) is 13.2. The van der Waals surface area contributed by atoms with Crippen LogP contribution in [0.3, 0.4) is 0 Å². The van der Waals surface area contributed by atoms with Crippen molar-refractivity contribution in [2.24, 2.45) is 0 Å². The van der Waals surface area contributed by atoms with Gasteiger partial charge in [-0.05, 0) is 26.8 Å². The molecule has 20 heavy (non-hydrogen) atoms. The number of nitrogens with one attached hydrogen (secondary N) is 1. The van der Waals surface area contributed by atoms with E-state index in [1.54, 1.807) is 0 Å². The van der Waals surface area contributed by atoms with Crippen molar-refractivity contribution >= 4 is 0 Å².